The number of nitrogens with one attached hydrogen (secondary N) is 1. The van der Waals surface area contributed by atoms with Crippen LogP contribution in [0.25, 0.3) is 0 Å². The zero-order chi connectivity index (χ0) is 12.8. The minimum Gasteiger partial charge on any atom is -0.391 e. The van der Waals surface area contributed by atoms with Gasteiger partial charge in [0.25, 0.3) is 5.91 Å². The predicted octanol–water partition coefficient (Wildman–Crippen LogP) is 1.53. The van der Waals surface area contributed by atoms with Crippen molar-refractivity contribution in [2.24, 2.45) is 5.92 Å². The Morgan fingerprint density at radius 1 is 1.59 bits per heavy atom. The fourth-order valence-electron chi connectivity index (χ4n) is 1.49. The Morgan fingerprint density at radius 2 is 2.29 bits per heavy atom. The average molecular weight is 236 g/mol. The van der Waals surface area contributed by atoms with Crippen molar-refractivity contribution in [3.05, 3.63) is 29.6 Å². The minimum atomic E-state index is -0.499. The topological polar surface area (TPSA) is 62.2 Å². The van der Waals surface area contributed by atoms with Gasteiger partial charge in [-0.15, -0.1) is 0 Å². The molecule has 0 radical (unpaired) electrons. The summed E-state index contributed by atoms with van der Waals surface area (Å²) in [5.74, 6) is 0.00301. The lowest BCUT2D eigenvalue weighted by Gasteiger charge is -2.17. The molecular formula is C13H20N2O2. The molecule has 0 aliphatic rings. The van der Waals surface area contributed by atoms with E-state index in [0.29, 0.717) is 11.3 Å². The number of carbonyl (C=O) groups is 1. The van der Waals surface area contributed by atoms with Gasteiger partial charge in [0, 0.05) is 18.4 Å². The molecule has 1 aromatic rings. The third kappa shape index (κ3) is 3.82. The van der Waals surface area contributed by atoms with Gasteiger partial charge in [-0.1, -0.05) is 20.3 Å². The van der Waals surface area contributed by atoms with Crippen LogP contribution >= 0.6 is 0 Å². The van der Waals surface area contributed by atoms with Crippen molar-refractivity contribution in [3.63, 3.8) is 0 Å². The van der Waals surface area contributed by atoms with Gasteiger partial charge in [0.05, 0.1) is 11.7 Å². The fraction of sp³-hybridized carbons (Fsp3) is 0.538. The standard InChI is InChI=1S/C13H20N2O2/c1-4-9(2)12(16)8-15-13(17)11-6-5-7-14-10(11)3/h5-7,9,12,16H,4,8H2,1-3H3,(H,15,17). The molecule has 2 unspecified atom stereocenters. The van der Waals surface area contributed by atoms with Gasteiger partial charge in [-0.3, -0.25) is 9.78 Å². The number of rotatable bonds is 5. The molecule has 4 heteroatoms. The number of aliphatic hydroxyl groups is 1. The Hall–Kier alpha value is -1.42. The molecule has 0 saturated carbocycles. The van der Waals surface area contributed by atoms with Gasteiger partial charge in [-0.25, -0.2) is 0 Å². The zero-order valence-corrected chi connectivity index (χ0v) is 10.6. The van der Waals surface area contributed by atoms with Crippen molar-refractivity contribution in [3.8, 4) is 0 Å². The maximum atomic E-state index is 11.8. The summed E-state index contributed by atoms with van der Waals surface area (Å²) in [6.45, 7) is 6.05. The molecule has 0 aromatic carbocycles. The summed E-state index contributed by atoms with van der Waals surface area (Å²) < 4.78 is 0. The Bertz CT molecular complexity index is 379. The number of aromatic nitrogens is 1. The monoisotopic (exact) mass is 236 g/mol. The van der Waals surface area contributed by atoms with E-state index in [4.69, 9.17) is 0 Å². The van der Waals surface area contributed by atoms with Gasteiger partial charge in [0.2, 0.25) is 0 Å². The van der Waals surface area contributed by atoms with Crippen molar-refractivity contribution in [2.45, 2.75) is 33.3 Å². The summed E-state index contributed by atoms with van der Waals surface area (Å²) in [4.78, 5) is 15.9. The van der Waals surface area contributed by atoms with Crippen LogP contribution in [0.15, 0.2) is 18.3 Å². The number of nitrogens with zero attached hydrogens (tertiary/aromatic N) is 1. The molecule has 2 atom stereocenters. The summed E-state index contributed by atoms with van der Waals surface area (Å²) in [6, 6.07) is 3.46. The molecule has 0 aliphatic carbocycles. The maximum Gasteiger partial charge on any atom is 0.253 e. The van der Waals surface area contributed by atoms with Crippen molar-refractivity contribution >= 4 is 5.91 Å². The van der Waals surface area contributed by atoms with E-state index in [2.05, 4.69) is 10.3 Å². The number of amides is 1. The second-order valence-corrected chi connectivity index (χ2v) is 4.30. The normalized spacial score (nSPS) is 14.1. The van der Waals surface area contributed by atoms with Gasteiger partial charge in [0.15, 0.2) is 0 Å². The molecular weight excluding hydrogens is 216 g/mol. The number of aliphatic hydroxyl groups excluding tert-OH is 1. The Labute approximate surface area is 102 Å². The quantitative estimate of drug-likeness (QED) is 0.815. The van der Waals surface area contributed by atoms with E-state index in [0.717, 1.165) is 6.42 Å². The maximum absolute atomic E-state index is 11.8. The van der Waals surface area contributed by atoms with E-state index in [1.165, 1.54) is 0 Å². The first-order chi connectivity index (χ1) is 8.06. The third-order valence-electron chi connectivity index (χ3n) is 3.02. The molecule has 1 aromatic heterocycles. The van der Waals surface area contributed by atoms with Crippen LogP contribution in [-0.2, 0) is 0 Å². The number of carbonyl (C=O) groups excluding carboxylic acids is 1. The van der Waals surface area contributed by atoms with Crippen LogP contribution in [0.5, 0.6) is 0 Å². The lowest BCUT2D eigenvalue weighted by molar-refractivity contribution is 0.0849. The summed E-state index contributed by atoms with van der Waals surface area (Å²) in [5, 5.41) is 12.5. The Kier molecular flexibility index (Phi) is 5.10. The van der Waals surface area contributed by atoms with E-state index < -0.39 is 6.10 Å². The van der Waals surface area contributed by atoms with Crippen LogP contribution in [0, 0.1) is 12.8 Å². The smallest absolute Gasteiger partial charge is 0.253 e. The van der Waals surface area contributed by atoms with E-state index in [1.807, 2.05) is 13.8 Å². The lowest BCUT2D eigenvalue weighted by Crippen LogP contribution is -2.35. The highest BCUT2D eigenvalue weighted by molar-refractivity contribution is 5.95. The zero-order valence-electron chi connectivity index (χ0n) is 10.6. The van der Waals surface area contributed by atoms with Crippen molar-refractivity contribution < 1.29 is 9.90 Å². The largest absolute Gasteiger partial charge is 0.391 e. The predicted molar refractivity (Wildman–Crippen MR) is 66.8 cm³/mol. The van der Waals surface area contributed by atoms with Crippen molar-refractivity contribution in [1.82, 2.24) is 10.3 Å². The van der Waals surface area contributed by atoms with E-state index in [9.17, 15) is 9.90 Å². The molecule has 2 N–H and O–H groups in total. The highest BCUT2D eigenvalue weighted by Gasteiger charge is 2.15. The first kappa shape index (κ1) is 13.6. The molecule has 0 saturated heterocycles. The summed E-state index contributed by atoms with van der Waals surface area (Å²) in [5.41, 5.74) is 1.26. The molecule has 17 heavy (non-hydrogen) atoms. The highest BCUT2D eigenvalue weighted by atomic mass is 16.3. The Balaban J connectivity index is 2.54. The molecule has 1 rings (SSSR count). The van der Waals surface area contributed by atoms with Crippen LogP contribution in [0.4, 0.5) is 0 Å². The van der Waals surface area contributed by atoms with E-state index >= 15 is 0 Å². The molecule has 0 fully saturated rings. The lowest BCUT2D eigenvalue weighted by atomic mass is 10.0. The summed E-state index contributed by atoms with van der Waals surface area (Å²) >= 11 is 0. The fourth-order valence-corrected chi connectivity index (χ4v) is 1.49. The number of aryl methyl sites for hydroxylation is 1. The van der Waals surface area contributed by atoms with E-state index in [1.54, 1.807) is 25.3 Å². The van der Waals surface area contributed by atoms with Crippen molar-refractivity contribution in [1.29, 1.82) is 0 Å². The number of hydrogen-bond donors (Lipinski definition) is 2. The second kappa shape index (κ2) is 6.35. The third-order valence-corrected chi connectivity index (χ3v) is 3.02. The molecule has 94 valence electrons. The molecule has 4 nitrogen and oxygen atoms in total. The molecule has 1 heterocycles. The van der Waals surface area contributed by atoms with Crippen LogP contribution in [0.1, 0.15) is 36.3 Å². The molecule has 0 spiro atoms. The van der Waals surface area contributed by atoms with Gasteiger partial charge in [0.1, 0.15) is 0 Å². The first-order valence-corrected chi connectivity index (χ1v) is 5.94. The van der Waals surface area contributed by atoms with Crippen LogP contribution in [0.3, 0.4) is 0 Å². The first-order valence-electron chi connectivity index (χ1n) is 5.94. The van der Waals surface area contributed by atoms with Crippen LogP contribution < -0.4 is 5.32 Å². The van der Waals surface area contributed by atoms with Gasteiger partial charge >= 0.3 is 0 Å². The SMILES string of the molecule is CCC(C)C(O)CNC(=O)c1cccnc1C. The van der Waals surface area contributed by atoms with Crippen LogP contribution in [-0.4, -0.2) is 28.6 Å². The second-order valence-electron chi connectivity index (χ2n) is 4.30. The highest BCUT2D eigenvalue weighted by Crippen LogP contribution is 2.07. The number of pyridine rings is 1. The molecule has 0 aliphatic heterocycles. The Morgan fingerprint density at radius 3 is 2.88 bits per heavy atom. The van der Waals surface area contributed by atoms with Gasteiger partial charge in [-0.2, -0.15) is 0 Å². The summed E-state index contributed by atoms with van der Waals surface area (Å²) in [6.07, 6.45) is 2.05. The molecule has 1 amide bonds. The summed E-state index contributed by atoms with van der Waals surface area (Å²) in [7, 11) is 0. The molecule has 0 bridgehead atoms. The average Bonchev–Trinajstić information content (AvgIpc) is 2.35. The minimum absolute atomic E-state index is 0.182. The van der Waals surface area contributed by atoms with Crippen LogP contribution in [0.2, 0.25) is 0 Å². The van der Waals surface area contributed by atoms with E-state index in [-0.39, 0.29) is 18.4 Å². The van der Waals surface area contributed by atoms with Gasteiger partial charge < -0.3 is 10.4 Å². The van der Waals surface area contributed by atoms with Gasteiger partial charge in [-0.05, 0) is 25.0 Å². The van der Waals surface area contributed by atoms with Crippen molar-refractivity contribution in [2.75, 3.05) is 6.54 Å². The number of hydrogen-bond acceptors (Lipinski definition) is 3.